The van der Waals surface area contributed by atoms with Gasteiger partial charge in [0.25, 0.3) is 0 Å². The molecular weight excluding hydrogens is 243 g/mol. The second-order valence-corrected chi connectivity index (χ2v) is 4.42. The summed E-state index contributed by atoms with van der Waals surface area (Å²) in [6.45, 7) is 3.67. The van der Waals surface area contributed by atoms with Crippen LogP contribution in [0.4, 0.5) is 4.39 Å². The van der Waals surface area contributed by atoms with Crippen molar-refractivity contribution in [2.24, 2.45) is 0 Å². The van der Waals surface area contributed by atoms with E-state index in [9.17, 15) is 9.18 Å². The van der Waals surface area contributed by atoms with Crippen molar-refractivity contribution in [1.82, 2.24) is 0 Å². The molecular formula is C16H15FO2. The first kappa shape index (κ1) is 13.3. The van der Waals surface area contributed by atoms with Crippen LogP contribution in [0.3, 0.4) is 0 Å². The van der Waals surface area contributed by atoms with Gasteiger partial charge < -0.3 is 4.74 Å². The molecule has 3 heteroatoms. The Morgan fingerprint density at radius 3 is 2.37 bits per heavy atom. The van der Waals surface area contributed by atoms with Crippen LogP contribution in [0.1, 0.15) is 11.1 Å². The summed E-state index contributed by atoms with van der Waals surface area (Å²) in [5, 5.41) is 0. The molecule has 0 aliphatic carbocycles. The average molecular weight is 258 g/mol. The Bertz CT molecular complexity index is 606. The molecule has 0 aliphatic rings. The Hall–Kier alpha value is -2.16. The molecule has 0 fully saturated rings. The minimum absolute atomic E-state index is 0.0410. The standard InChI is InChI=1S/C16H15FO2/c1-11-3-4-14(10-15(11)17)13-5-6-16(12(2)9-13)19-8-7-18/h3-7,9-10H,8H2,1-2H3. The summed E-state index contributed by atoms with van der Waals surface area (Å²) in [6.07, 6.45) is 0.711. The van der Waals surface area contributed by atoms with Gasteiger partial charge in [-0.1, -0.05) is 18.2 Å². The minimum Gasteiger partial charge on any atom is -0.486 e. The van der Waals surface area contributed by atoms with Crippen molar-refractivity contribution in [1.29, 1.82) is 0 Å². The first-order valence-corrected chi connectivity index (χ1v) is 6.05. The van der Waals surface area contributed by atoms with Crippen LogP contribution in [0.2, 0.25) is 0 Å². The summed E-state index contributed by atoms with van der Waals surface area (Å²) in [4.78, 5) is 10.3. The van der Waals surface area contributed by atoms with Crippen molar-refractivity contribution >= 4 is 6.29 Å². The zero-order valence-corrected chi connectivity index (χ0v) is 10.9. The van der Waals surface area contributed by atoms with E-state index >= 15 is 0 Å². The van der Waals surface area contributed by atoms with E-state index in [1.54, 1.807) is 19.1 Å². The SMILES string of the molecule is Cc1ccc(-c2ccc(OCC=O)c(C)c2)cc1F. The summed E-state index contributed by atoms with van der Waals surface area (Å²) in [6, 6.07) is 10.7. The summed E-state index contributed by atoms with van der Waals surface area (Å²) < 4.78 is 18.8. The van der Waals surface area contributed by atoms with E-state index in [1.165, 1.54) is 6.07 Å². The normalized spacial score (nSPS) is 10.3. The van der Waals surface area contributed by atoms with E-state index in [0.717, 1.165) is 16.7 Å². The number of hydrogen-bond donors (Lipinski definition) is 0. The third kappa shape index (κ3) is 2.99. The Kier molecular flexibility index (Phi) is 3.95. The third-order valence-electron chi connectivity index (χ3n) is 2.99. The lowest BCUT2D eigenvalue weighted by molar-refractivity contribution is -0.109. The predicted octanol–water partition coefficient (Wildman–Crippen LogP) is 3.69. The first-order chi connectivity index (χ1) is 9.11. The van der Waals surface area contributed by atoms with Crippen LogP contribution < -0.4 is 4.74 Å². The Balaban J connectivity index is 2.33. The molecule has 0 spiro atoms. The van der Waals surface area contributed by atoms with Gasteiger partial charge in [-0.25, -0.2) is 4.39 Å². The lowest BCUT2D eigenvalue weighted by atomic mass is 10.0. The molecule has 0 saturated carbocycles. The highest BCUT2D eigenvalue weighted by Crippen LogP contribution is 2.27. The van der Waals surface area contributed by atoms with Crippen LogP contribution in [0.5, 0.6) is 5.75 Å². The molecule has 2 aromatic carbocycles. The highest BCUT2D eigenvalue weighted by molar-refractivity contribution is 5.66. The van der Waals surface area contributed by atoms with Gasteiger partial charge in [-0.05, 0) is 54.3 Å². The molecule has 2 aromatic rings. The van der Waals surface area contributed by atoms with Gasteiger partial charge in [0.1, 0.15) is 18.2 Å². The van der Waals surface area contributed by atoms with E-state index in [0.29, 0.717) is 17.6 Å². The van der Waals surface area contributed by atoms with Crippen LogP contribution in [0, 0.1) is 19.7 Å². The summed E-state index contributed by atoms with van der Waals surface area (Å²) >= 11 is 0. The molecule has 0 heterocycles. The number of carbonyl (C=O) groups is 1. The molecule has 98 valence electrons. The van der Waals surface area contributed by atoms with Crippen molar-refractivity contribution in [3.63, 3.8) is 0 Å². The van der Waals surface area contributed by atoms with E-state index in [1.807, 2.05) is 25.1 Å². The molecule has 0 radical (unpaired) electrons. The van der Waals surface area contributed by atoms with E-state index in [-0.39, 0.29) is 12.4 Å². The Morgan fingerprint density at radius 1 is 1.05 bits per heavy atom. The molecule has 0 atom stereocenters. The average Bonchev–Trinajstić information content (AvgIpc) is 2.40. The molecule has 2 rings (SSSR count). The fourth-order valence-electron chi connectivity index (χ4n) is 1.89. The maximum absolute atomic E-state index is 13.5. The Labute approximate surface area is 111 Å². The molecule has 0 aliphatic heterocycles. The third-order valence-corrected chi connectivity index (χ3v) is 2.99. The second-order valence-electron chi connectivity index (χ2n) is 4.42. The molecule has 0 aromatic heterocycles. The van der Waals surface area contributed by atoms with Crippen molar-refractivity contribution in [3.05, 3.63) is 53.3 Å². The van der Waals surface area contributed by atoms with Gasteiger partial charge in [0, 0.05) is 0 Å². The number of ether oxygens (including phenoxy) is 1. The number of aryl methyl sites for hydroxylation is 2. The molecule has 0 N–H and O–H groups in total. The van der Waals surface area contributed by atoms with Crippen molar-refractivity contribution in [2.45, 2.75) is 13.8 Å². The quantitative estimate of drug-likeness (QED) is 0.782. The number of rotatable bonds is 4. The molecule has 0 amide bonds. The van der Waals surface area contributed by atoms with Crippen molar-refractivity contribution in [3.8, 4) is 16.9 Å². The van der Waals surface area contributed by atoms with Gasteiger partial charge in [0.05, 0.1) is 0 Å². The zero-order valence-electron chi connectivity index (χ0n) is 10.9. The minimum atomic E-state index is -0.212. The molecule has 0 bridgehead atoms. The fourth-order valence-corrected chi connectivity index (χ4v) is 1.89. The van der Waals surface area contributed by atoms with Crippen LogP contribution in [-0.4, -0.2) is 12.9 Å². The molecule has 0 unspecified atom stereocenters. The van der Waals surface area contributed by atoms with Crippen LogP contribution in [0.15, 0.2) is 36.4 Å². The molecule has 0 saturated heterocycles. The lowest BCUT2D eigenvalue weighted by Crippen LogP contribution is -1.99. The highest BCUT2D eigenvalue weighted by atomic mass is 19.1. The second kappa shape index (κ2) is 5.65. The number of aldehydes is 1. The first-order valence-electron chi connectivity index (χ1n) is 6.05. The van der Waals surface area contributed by atoms with Crippen LogP contribution in [0.25, 0.3) is 11.1 Å². The maximum Gasteiger partial charge on any atom is 0.157 e. The van der Waals surface area contributed by atoms with Gasteiger partial charge in [0.2, 0.25) is 0 Å². The van der Waals surface area contributed by atoms with E-state index < -0.39 is 0 Å². The zero-order chi connectivity index (χ0) is 13.8. The predicted molar refractivity (Wildman–Crippen MR) is 72.9 cm³/mol. The van der Waals surface area contributed by atoms with Crippen molar-refractivity contribution in [2.75, 3.05) is 6.61 Å². The molecule has 19 heavy (non-hydrogen) atoms. The van der Waals surface area contributed by atoms with Crippen LogP contribution >= 0.6 is 0 Å². The van der Waals surface area contributed by atoms with Gasteiger partial charge in [0.15, 0.2) is 6.29 Å². The van der Waals surface area contributed by atoms with Crippen LogP contribution in [-0.2, 0) is 4.79 Å². The van der Waals surface area contributed by atoms with E-state index in [2.05, 4.69) is 0 Å². The maximum atomic E-state index is 13.5. The van der Waals surface area contributed by atoms with Gasteiger partial charge in [-0.15, -0.1) is 0 Å². The number of carbonyl (C=O) groups excluding carboxylic acids is 1. The highest BCUT2D eigenvalue weighted by Gasteiger charge is 2.05. The lowest BCUT2D eigenvalue weighted by Gasteiger charge is -2.09. The van der Waals surface area contributed by atoms with E-state index in [4.69, 9.17) is 4.74 Å². The summed E-state index contributed by atoms with van der Waals surface area (Å²) in [5.41, 5.74) is 3.30. The number of benzene rings is 2. The molecule has 2 nitrogen and oxygen atoms in total. The fraction of sp³-hybridized carbons (Fsp3) is 0.188. The Morgan fingerprint density at radius 2 is 1.74 bits per heavy atom. The van der Waals surface area contributed by atoms with Gasteiger partial charge >= 0.3 is 0 Å². The number of hydrogen-bond acceptors (Lipinski definition) is 2. The summed E-state index contributed by atoms with van der Waals surface area (Å²) in [5.74, 6) is 0.458. The smallest absolute Gasteiger partial charge is 0.157 e. The monoisotopic (exact) mass is 258 g/mol. The van der Waals surface area contributed by atoms with Crippen molar-refractivity contribution < 1.29 is 13.9 Å². The topological polar surface area (TPSA) is 26.3 Å². The number of halogens is 1. The largest absolute Gasteiger partial charge is 0.486 e. The summed E-state index contributed by atoms with van der Waals surface area (Å²) in [7, 11) is 0. The van der Waals surface area contributed by atoms with Gasteiger partial charge in [-0.2, -0.15) is 0 Å². The van der Waals surface area contributed by atoms with Gasteiger partial charge in [-0.3, -0.25) is 4.79 Å².